The van der Waals surface area contributed by atoms with Crippen molar-refractivity contribution in [3.63, 3.8) is 0 Å². The van der Waals surface area contributed by atoms with Crippen LogP contribution < -0.4 is 10.1 Å². The molecule has 0 fully saturated rings. The van der Waals surface area contributed by atoms with Gasteiger partial charge in [-0.3, -0.25) is 14.5 Å². The molecule has 180 valence electrons. The van der Waals surface area contributed by atoms with E-state index in [1.807, 2.05) is 5.32 Å². The summed E-state index contributed by atoms with van der Waals surface area (Å²) in [4.78, 5) is 31.4. The van der Waals surface area contributed by atoms with Crippen molar-refractivity contribution < 1.29 is 27.5 Å². The van der Waals surface area contributed by atoms with E-state index in [-0.39, 0.29) is 17.1 Å². The predicted octanol–water partition coefficient (Wildman–Crippen LogP) is 4.73. The zero-order chi connectivity index (χ0) is 25.2. The number of hydrogen-bond donors (Lipinski definition) is 1. The molecule has 2 atom stereocenters. The Morgan fingerprint density at radius 3 is 2.23 bits per heavy atom. The number of alkyl halides is 3. The molecule has 0 saturated heterocycles. The molecule has 35 heavy (non-hydrogen) atoms. The van der Waals surface area contributed by atoms with Crippen LogP contribution in [0.5, 0.6) is 5.75 Å². The van der Waals surface area contributed by atoms with E-state index in [2.05, 4.69) is 4.99 Å². The number of amidine groups is 1. The molecule has 3 aromatic rings. The molecule has 2 amide bonds. The molecule has 4 rings (SSSR count). The number of benzene rings is 3. The van der Waals surface area contributed by atoms with E-state index >= 15 is 0 Å². The average molecular weight is 481 g/mol. The molecule has 0 radical (unpaired) electrons. The molecule has 9 heteroatoms. The van der Waals surface area contributed by atoms with E-state index in [0.29, 0.717) is 11.1 Å². The standard InChI is InChI=1S/C26H22F3N3O3/c1-17(18-10-5-3-6-11-18)32-22(19-12-7-4-8-13-19)30-25(24(32)34,26(27,28)29)31-23(33)20-14-9-15-21(16-20)35-2/h3-17H,1-2H3,(H,31,33). The lowest BCUT2D eigenvalue weighted by Gasteiger charge is -2.31. The van der Waals surface area contributed by atoms with Gasteiger partial charge < -0.3 is 10.1 Å². The number of hydrogen-bond acceptors (Lipinski definition) is 4. The normalized spacial score (nSPS) is 18.7. The Hall–Kier alpha value is -4.14. The Bertz CT molecular complexity index is 1260. The average Bonchev–Trinajstić information content (AvgIpc) is 3.17. The van der Waals surface area contributed by atoms with Crippen LogP contribution in [0.1, 0.15) is 34.5 Å². The minimum atomic E-state index is -5.22. The summed E-state index contributed by atoms with van der Waals surface area (Å²) in [7, 11) is 1.37. The zero-order valence-electron chi connectivity index (χ0n) is 18.9. The number of ether oxygens (including phenoxy) is 1. The zero-order valence-corrected chi connectivity index (χ0v) is 18.9. The molecular weight excluding hydrogens is 459 g/mol. The number of nitrogens with zero attached hydrogens (tertiary/aromatic N) is 2. The summed E-state index contributed by atoms with van der Waals surface area (Å²) in [5.74, 6) is -2.41. The van der Waals surface area contributed by atoms with Gasteiger partial charge in [-0.25, -0.2) is 4.99 Å². The molecule has 6 nitrogen and oxygen atoms in total. The first-order valence-corrected chi connectivity index (χ1v) is 10.7. The second-order valence-electron chi connectivity index (χ2n) is 7.96. The lowest BCUT2D eigenvalue weighted by atomic mass is 10.0. The Balaban J connectivity index is 1.84. The number of rotatable bonds is 6. The highest BCUT2D eigenvalue weighted by molar-refractivity contribution is 6.17. The topological polar surface area (TPSA) is 71.0 Å². The molecule has 0 saturated carbocycles. The van der Waals surface area contributed by atoms with Crippen LogP contribution in [0, 0.1) is 0 Å². The molecule has 0 spiro atoms. The first-order valence-electron chi connectivity index (χ1n) is 10.7. The maximum atomic E-state index is 14.6. The first kappa shape index (κ1) is 24.0. The molecular formula is C26H22F3N3O3. The van der Waals surface area contributed by atoms with Gasteiger partial charge in [0.05, 0.1) is 13.2 Å². The molecule has 1 aliphatic heterocycles. The summed E-state index contributed by atoms with van der Waals surface area (Å²) in [6.45, 7) is 1.61. The molecule has 0 bridgehead atoms. The first-order chi connectivity index (χ1) is 16.7. The number of amides is 2. The smallest absolute Gasteiger partial charge is 0.442 e. The van der Waals surface area contributed by atoms with Gasteiger partial charge in [-0.1, -0.05) is 66.7 Å². The van der Waals surface area contributed by atoms with Gasteiger partial charge in [0.25, 0.3) is 11.8 Å². The van der Waals surface area contributed by atoms with Crippen LogP contribution in [0.3, 0.4) is 0 Å². The molecule has 1 N–H and O–H groups in total. The van der Waals surface area contributed by atoms with Crippen molar-refractivity contribution in [1.82, 2.24) is 10.2 Å². The molecule has 1 heterocycles. The summed E-state index contributed by atoms with van der Waals surface area (Å²) < 4.78 is 48.9. The monoisotopic (exact) mass is 481 g/mol. The third kappa shape index (κ3) is 4.37. The van der Waals surface area contributed by atoms with Crippen molar-refractivity contribution in [1.29, 1.82) is 0 Å². The van der Waals surface area contributed by atoms with Crippen molar-refractivity contribution in [3.8, 4) is 5.75 Å². The second-order valence-corrected chi connectivity index (χ2v) is 7.96. The van der Waals surface area contributed by atoms with Gasteiger partial charge in [-0.15, -0.1) is 0 Å². The Morgan fingerprint density at radius 1 is 1.00 bits per heavy atom. The fourth-order valence-corrected chi connectivity index (χ4v) is 3.90. The highest BCUT2D eigenvalue weighted by atomic mass is 19.4. The van der Waals surface area contributed by atoms with Crippen LogP contribution >= 0.6 is 0 Å². The van der Waals surface area contributed by atoms with Crippen LogP contribution in [0.25, 0.3) is 0 Å². The Morgan fingerprint density at radius 2 is 1.63 bits per heavy atom. The van der Waals surface area contributed by atoms with Crippen LogP contribution in [-0.4, -0.2) is 41.5 Å². The fourth-order valence-electron chi connectivity index (χ4n) is 3.90. The minimum absolute atomic E-state index is 0.105. The summed E-state index contributed by atoms with van der Waals surface area (Å²) >= 11 is 0. The van der Waals surface area contributed by atoms with Gasteiger partial charge in [0.2, 0.25) is 0 Å². The SMILES string of the molecule is COc1cccc(C(=O)NC2(C(F)(F)F)N=C(c3ccccc3)N(C(C)c3ccccc3)C2=O)c1. The van der Waals surface area contributed by atoms with Gasteiger partial charge in [-0.05, 0) is 30.7 Å². The molecule has 3 aromatic carbocycles. The van der Waals surface area contributed by atoms with E-state index in [1.54, 1.807) is 73.7 Å². The number of nitrogens with one attached hydrogen (secondary N) is 1. The van der Waals surface area contributed by atoms with Crippen molar-refractivity contribution in [3.05, 3.63) is 102 Å². The van der Waals surface area contributed by atoms with E-state index in [9.17, 15) is 22.8 Å². The number of halogens is 3. The third-order valence-electron chi connectivity index (χ3n) is 5.77. The van der Waals surface area contributed by atoms with Gasteiger partial charge >= 0.3 is 11.8 Å². The van der Waals surface area contributed by atoms with Crippen LogP contribution in [0.4, 0.5) is 13.2 Å². The van der Waals surface area contributed by atoms with Crippen molar-refractivity contribution in [2.75, 3.05) is 7.11 Å². The van der Waals surface area contributed by atoms with Crippen LogP contribution in [-0.2, 0) is 4.79 Å². The molecule has 1 aliphatic rings. The summed E-state index contributed by atoms with van der Waals surface area (Å²) in [6.07, 6.45) is -5.22. The maximum Gasteiger partial charge on any atom is 0.442 e. The summed E-state index contributed by atoms with van der Waals surface area (Å²) in [6, 6.07) is 21.6. The van der Waals surface area contributed by atoms with E-state index in [0.717, 1.165) is 4.90 Å². The highest BCUT2D eigenvalue weighted by Crippen LogP contribution is 2.41. The summed E-state index contributed by atoms with van der Waals surface area (Å²) in [5, 5.41) is 1.89. The van der Waals surface area contributed by atoms with Crippen LogP contribution in [0.15, 0.2) is 89.9 Å². The number of carbonyl (C=O) groups excluding carboxylic acids is 2. The van der Waals surface area contributed by atoms with Crippen LogP contribution in [0.2, 0.25) is 0 Å². The number of aliphatic imine (C=N–C) groups is 1. The van der Waals surface area contributed by atoms with E-state index < -0.39 is 29.7 Å². The quantitative estimate of drug-likeness (QED) is 0.553. The van der Waals surface area contributed by atoms with E-state index in [1.165, 1.54) is 25.3 Å². The highest BCUT2D eigenvalue weighted by Gasteiger charge is 2.67. The largest absolute Gasteiger partial charge is 0.497 e. The molecule has 0 aliphatic carbocycles. The van der Waals surface area contributed by atoms with Crippen molar-refractivity contribution >= 4 is 17.6 Å². The second kappa shape index (κ2) is 9.25. The Kier molecular flexibility index (Phi) is 6.34. The molecule has 0 aromatic heterocycles. The van der Waals surface area contributed by atoms with Crippen molar-refractivity contribution in [2.24, 2.45) is 4.99 Å². The fraction of sp³-hybridized carbons (Fsp3) is 0.192. The predicted molar refractivity (Wildman–Crippen MR) is 124 cm³/mol. The lowest BCUT2D eigenvalue weighted by Crippen LogP contribution is -2.63. The minimum Gasteiger partial charge on any atom is -0.497 e. The van der Waals surface area contributed by atoms with Gasteiger partial charge in [0.1, 0.15) is 11.6 Å². The van der Waals surface area contributed by atoms with Gasteiger partial charge in [-0.2, -0.15) is 13.2 Å². The summed E-state index contributed by atoms with van der Waals surface area (Å²) in [5.41, 5.74) is -2.68. The van der Waals surface area contributed by atoms with E-state index in [4.69, 9.17) is 4.74 Å². The molecule has 2 unspecified atom stereocenters. The number of methoxy groups -OCH3 is 1. The van der Waals surface area contributed by atoms with Gasteiger partial charge in [0, 0.05) is 11.1 Å². The Labute approximate surface area is 200 Å². The lowest BCUT2D eigenvalue weighted by molar-refractivity contribution is -0.196. The third-order valence-corrected chi connectivity index (χ3v) is 5.77. The van der Waals surface area contributed by atoms with Gasteiger partial charge in [0.15, 0.2) is 0 Å². The maximum absolute atomic E-state index is 14.6. The number of carbonyl (C=O) groups is 2. The van der Waals surface area contributed by atoms with Crippen molar-refractivity contribution in [2.45, 2.75) is 24.8 Å².